The fourth-order valence-corrected chi connectivity index (χ4v) is 2.86. The number of carbonyl (C=O) groups is 2. The van der Waals surface area contributed by atoms with Crippen LogP contribution in [0.4, 0.5) is 0 Å². The maximum atomic E-state index is 12.7. The fourth-order valence-electron chi connectivity index (χ4n) is 2.86. The third-order valence-electron chi connectivity index (χ3n) is 4.40. The standard InChI is InChI=1S/C23H28O5/c1-3-4-5-6-10-13-27-22-15-21(25)20(14-19(22)16-28-17(2)24)23(26)18-11-8-7-9-12-18/h7-9,11-12,14-15,25H,3-6,10,13,16H2,1-2H3. The molecule has 2 rings (SSSR count). The highest BCUT2D eigenvalue weighted by atomic mass is 16.5. The Bertz CT molecular complexity index is 783. The molecule has 0 spiro atoms. The number of phenolic OH excluding ortho intramolecular Hbond substituents is 1. The number of ether oxygens (including phenoxy) is 2. The van der Waals surface area contributed by atoms with Crippen LogP contribution in [0.25, 0.3) is 0 Å². The molecule has 2 aromatic rings. The first-order valence-corrected chi connectivity index (χ1v) is 9.74. The highest BCUT2D eigenvalue weighted by Gasteiger charge is 2.18. The first-order chi connectivity index (χ1) is 13.5. The van der Waals surface area contributed by atoms with E-state index in [9.17, 15) is 14.7 Å². The second kappa shape index (κ2) is 11.1. The normalized spacial score (nSPS) is 10.5. The zero-order valence-electron chi connectivity index (χ0n) is 16.6. The molecule has 0 heterocycles. The molecule has 0 atom stereocenters. The van der Waals surface area contributed by atoms with E-state index in [1.165, 1.54) is 25.8 Å². The van der Waals surface area contributed by atoms with Crippen LogP contribution >= 0.6 is 0 Å². The van der Waals surface area contributed by atoms with Gasteiger partial charge in [-0.15, -0.1) is 0 Å². The van der Waals surface area contributed by atoms with Gasteiger partial charge in [-0.3, -0.25) is 9.59 Å². The smallest absolute Gasteiger partial charge is 0.302 e. The van der Waals surface area contributed by atoms with Gasteiger partial charge in [-0.2, -0.15) is 0 Å². The Morgan fingerprint density at radius 1 is 1.00 bits per heavy atom. The molecule has 0 bridgehead atoms. The van der Waals surface area contributed by atoms with Crippen molar-refractivity contribution in [2.75, 3.05) is 6.61 Å². The van der Waals surface area contributed by atoms with Gasteiger partial charge in [0.1, 0.15) is 18.1 Å². The number of carbonyl (C=O) groups excluding carboxylic acids is 2. The van der Waals surface area contributed by atoms with Crippen LogP contribution in [-0.2, 0) is 16.1 Å². The summed E-state index contributed by atoms with van der Waals surface area (Å²) in [6.07, 6.45) is 5.52. The van der Waals surface area contributed by atoms with Crippen molar-refractivity contribution in [3.05, 3.63) is 59.2 Å². The molecule has 0 saturated carbocycles. The first kappa shape index (κ1) is 21.5. The quantitative estimate of drug-likeness (QED) is 0.334. The second-order valence-corrected chi connectivity index (χ2v) is 6.72. The van der Waals surface area contributed by atoms with Crippen molar-refractivity contribution < 1.29 is 24.2 Å². The maximum absolute atomic E-state index is 12.7. The van der Waals surface area contributed by atoms with Crippen molar-refractivity contribution in [3.63, 3.8) is 0 Å². The van der Waals surface area contributed by atoms with Crippen LogP contribution < -0.4 is 4.74 Å². The molecule has 0 aliphatic heterocycles. The summed E-state index contributed by atoms with van der Waals surface area (Å²) in [5, 5.41) is 10.4. The maximum Gasteiger partial charge on any atom is 0.302 e. The third kappa shape index (κ3) is 6.41. The van der Waals surface area contributed by atoms with E-state index in [2.05, 4.69) is 6.92 Å². The molecule has 0 aliphatic carbocycles. The molecule has 0 unspecified atom stereocenters. The molecule has 0 amide bonds. The molecular formula is C23H28O5. The summed E-state index contributed by atoms with van der Waals surface area (Å²) in [5.74, 6) is -0.442. The van der Waals surface area contributed by atoms with E-state index >= 15 is 0 Å². The van der Waals surface area contributed by atoms with Crippen LogP contribution in [0.1, 0.15) is 67.4 Å². The zero-order chi connectivity index (χ0) is 20.4. The Hall–Kier alpha value is -2.82. The summed E-state index contributed by atoms with van der Waals surface area (Å²) >= 11 is 0. The van der Waals surface area contributed by atoms with Crippen LogP contribution in [0.15, 0.2) is 42.5 Å². The van der Waals surface area contributed by atoms with Crippen molar-refractivity contribution in [2.24, 2.45) is 0 Å². The lowest BCUT2D eigenvalue weighted by molar-refractivity contribution is -0.142. The van der Waals surface area contributed by atoms with Crippen molar-refractivity contribution in [3.8, 4) is 11.5 Å². The summed E-state index contributed by atoms with van der Waals surface area (Å²) in [7, 11) is 0. The van der Waals surface area contributed by atoms with Gasteiger partial charge in [0.05, 0.1) is 12.2 Å². The Morgan fingerprint density at radius 2 is 1.71 bits per heavy atom. The number of hydrogen-bond donors (Lipinski definition) is 1. The Morgan fingerprint density at radius 3 is 2.39 bits per heavy atom. The van der Waals surface area contributed by atoms with Crippen LogP contribution in [-0.4, -0.2) is 23.5 Å². The van der Waals surface area contributed by atoms with Crippen LogP contribution in [0.2, 0.25) is 0 Å². The minimum atomic E-state index is -0.422. The third-order valence-corrected chi connectivity index (χ3v) is 4.40. The second-order valence-electron chi connectivity index (χ2n) is 6.72. The molecule has 0 aromatic heterocycles. The van der Waals surface area contributed by atoms with Crippen LogP contribution in [0, 0.1) is 0 Å². The lowest BCUT2D eigenvalue weighted by Gasteiger charge is -2.14. The monoisotopic (exact) mass is 384 g/mol. The topological polar surface area (TPSA) is 72.8 Å². The van der Waals surface area contributed by atoms with Gasteiger partial charge in [0.15, 0.2) is 5.78 Å². The number of ketones is 1. The molecule has 0 fully saturated rings. The molecule has 28 heavy (non-hydrogen) atoms. The number of benzene rings is 2. The van der Waals surface area contributed by atoms with Crippen molar-refractivity contribution in [1.82, 2.24) is 0 Å². The minimum Gasteiger partial charge on any atom is -0.507 e. The van der Waals surface area contributed by atoms with Crippen LogP contribution in [0.5, 0.6) is 11.5 Å². The molecular weight excluding hydrogens is 356 g/mol. The Kier molecular flexibility index (Phi) is 8.53. The number of phenols is 1. The molecule has 0 saturated heterocycles. The van der Waals surface area contributed by atoms with E-state index in [1.807, 2.05) is 6.07 Å². The summed E-state index contributed by atoms with van der Waals surface area (Å²) in [6.45, 7) is 3.97. The molecule has 1 N–H and O–H groups in total. The van der Waals surface area contributed by atoms with E-state index in [-0.39, 0.29) is 23.7 Å². The highest BCUT2D eigenvalue weighted by Crippen LogP contribution is 2.31. The number of aromatic hydroxyl groups is 1. The number of rotatable bonds is 11. The number of hydrogen-bond acceptors (Lipinski definition) is 5. The predicted octanol–water partition coefficient (Wildman–Crippen LogP) is 5.04. The molecule has 5 heteroatoms. The number of esters is 1. The molecule has 0 radical (unpaired) electrons. The van der Waals surface area contributed by atoms with E-state index in [4.69, 9.17) is 9.47 Å². The summed E-state index contributed by atoms with van der Waals surface area (Å²) < 4.78 is 10.9. The molecule has 2 aromatic carbocycles. The largest absolute Gasteiger partial charge is 0.507 e. The zero-order valence-corrected chi connectivity index (χ0v) is 16.6. The van der Waals surface area contributed by atoms with Gasteiger partial charge in [-0.25, -0.2) is 0 Å². The average Bonchev–Trinajstić information content (AvgIpc) is 2.70. The first-order valence-electron chi connectivity index (χ1n) is 9.74. The average molecular weight is 384 g/mol. The van der Waals surface area contributed by atoms with Gasteiger partial charge >= 0.3 is 5.97 Å². The Labute approximate surface area is 166 Å². The Balaban J connectivity index is 2.18. The van der Waals surface area contributed by atoms with Gasteiger partial charge in [-0.1, -0.05) is 62.9 Å². The van der Waals surface area contributed by atoms with Gasteiger partial charge in [-0.05, 0) is 12.5 Å². The van der Waals surface area contributed by atoms with Gasteiger partial charge in [0.2, 0.25) is 0 Å². The summed E-state index contributed by atoms with van der Waals surface area (Å²) in [5.41, 5.74) is 1.19. The molecule has 0 aliphatic rings. The van der Waals surface area contributed by atoms with E-state index in [0.29, 0.717) is 23.5 Å². The van der Waals surface area contributed by atoms with Crippen molar-refractivity contribution in [1.29, 1.82) is 0 Å². The number of unbranched alkanes of at least 4 members (excludes halogenated alkanes) is 4. The lowest BCUT2D eigenvalue weighted by Crippen LogP contribution is -2.07. The predicted molar refractivity (Wildman–Crippen MR) is 108 cm³/mol. The lowest BCUT2D eigenvalue weighted by atomic mass is 10.00. The van der Waals surface area contributed by atoms with Crippen molar-refractivity contribution >= 4 is 11.8 Å². The van der Waals surface area contributed by atoms with Crippen molar-refractivity contribution in [2.45, 2.75) is 52.6 Å². The summed E-state index contributed by atoms with van der Waals surface area (Å²) in [4.78, 5) is 23.9. The van der Waals surface area contributed by atoms with E-state index < -0.39 is 5.97 Å². The highest BCUT2D eigenvalue weighted by molar-refractivity contribution is 6.10. The fraction of sp³-hybridized carbons (Fsp3) is 0.391. The van der Waals surface area contributed by atoms with Gasteiger partial charge in [0.25, 0.3) is 0 Å². The molecule has 150 valence electrons. The van der Waals surface area contributed by atoms with E-state index in [0.717, 1.165) is 19.3 Å². The van der Waals surface area contributed by atoms with Crippen LogP contribution in [0.3, 0.4) is 0 Å². The van der Waals surface area contributed by atoms with E-state index in [1.54, 1.807) is 30.3 Å². The SMILES string of the molecule is CCCCCCCOc1cc(O)c(C(=O)c2ccccc2)cc1COC(C)=O. The minimum absolute atomic E-state index is 0.0180. The van der Waals surface area contributed by atoms with Gasteiger partial charge in [0, 0.05) is 24.1 Å². The summed E-state index contributed by atoms with van der Waals surface area (Å²) in [6, 6.07) is 11.7. The molecule has 5 nitrogen and oxygen atoms in total. The van der Waals surface area contributed by atoms with Gasteiger partial charge < -0.3 is 14.6 Å².